The van der Waals surface area contributed by atoms with Crippen LogP contribution in [0.2, 0.25) is 0 Å². The molecule has 11 rings (SSSR count). The first kappa shape index (κ1) is 39.1. The van der Waals surface area contributed by atoms with Crippen LogP contribution in [0.15, 0.2) is 216 Å². The minimum atomic E-state index is -0.268. The Hall–Kier alpha value is -6.82. The molecular formula is C61H54N2. The highest BCUT2D eigenvalue weighted by Gasteiger charge is 2.48. The van der Waals surface area contributed by atoms with Gasteiger partial charge in [0.25, 0.3) is 0 Å². The Labute approximate surface area is 374 Å². The standard InChI is InChI=1S/C61H54N2/c1-7-41-25-29-43(30-26-41)39-61(40-44-31-27-42(8-2)28-32-44)49-35-33-45(62-55-21-13-9-17-51(55)59(3,4)52-18-10-14-22-56(52)62)37-47(49)48-38-46(34-36-50(48)61)63-57-23-15-11-19-53(57)60(5,6)54-20-12-16-24-58(54)63/h7-25,27,29,31,33,35,37-38H,1-2,26,30,34,36,39-40H2,3-6H3. The summed E-state index contributed by atoms with van der Waals surface area (Å²) in [5.41, 5.74) is 30.1. The van der Waals surface area contributed by atoms with Gasteiger partial charge >= 0.3 is 0 Å². The summed E-state index contributed by atoms with van der Waals surface area (Å²) in [5.74, 6) is 0. The van der Waals surface area contributed by atoms with Gasteiger partial charge in [0.05, 0.1) is 11.4 Å². The Morgan fingerprint density at radius 1 is 0.571 bits per heavy atom. The van der Waals surface area contributed by atoms with Crippen LogP contribution in [0, 0.1) is 0 Å². The second-order valence-electron chi connectivity index (χ2n) is 19.2. The van der Waals surface area contributed by atoms with Crippen LogP contribution in [0.3, 0.4) is 0 Å². The molecule has 2 heteroatoms. The maximum atomic E-state index is 4.11. The van der Waals surface area contributed by atoms with E-state index in [2.05, 4.69) is 208 Å². The average molecular weight is 815 g/mol. The highest BCUT2D eigenvalue weighted by molar-refractivity contribution is 5.94. The van der Waals surface area contributed by atoms with Crippen molar-refractivity contribution in [2.75, 3.05) is 9.80 Å². The molecule has 63 heavy (non-hydrogen) atoms. The fourth-order valence-electron chi connectivity index (χ4n) is 11.9. The molecule has 4 aliphatic carbocycles. The minimum Gasteiger partial charge on any atom is -0.314 e. The largest absolute Gasteiger partial charge is 0.314 e. The summed E-state index contributed by atoms with van der Waals surface area (Å²) in [7, 11) is 0. The lowest BCUT2D eigenvalue weighted by atomic mass is 9.66. The fourth-order valence-corrected chi connectivity index (χ4v) is 11.9. The molecule has 6 aliphatic rings. The lowest BCUT2D eigenvalue weighted by Crippen LogP contribution is -2.33. The number of hydrogen-bond donors (Lipinski definition) is 0. The van der Waals surface area contributed by atoms with Crippen LogP contribution < -0.4 is 9.80 Å². The SMILES string of the molecule is C=CC1=C=C=C(CC2(CC3=CC=C(C=C)CC3)C3=C(C=C(N4c5ccccc5C(C)(C)c5ccccc54)CC3)c3cc(N4c5ccccc5C(C)(C)c5ccccc54)ccc32)C=C1. The van der Waals surface area contributed by atoms with Crippen molar-refractivity contribution in [1.29, 1.82) is 0 Å². The van der Waals surface area contributed by atoms with E-state index in [1.165, 1.54) is 89.8 Å². The van der Waals surface area contributed by atoms with Gasteiger partial charge in [-0.05, 0) is 138 Å². The van der Waals surface area contributed by atoms with Gasteiger partial charge in [0.1, 0.15) is 0 Å². The summed E-state index contributed by atoms with van der Waals surface area (Å²) in [5, 5.41) is 0. The number of hydrogen-bond acceptors (Lipinski definition) is 2. The van der Waals surface area contributed by atoms with Crippen molar-refractivity contribution in [2.45, 2.75) is 82.5 Å². The van der Waals surface area contributed by atoms with Crippen molar-refractivity contribution in [1.82, 2.24) is 0 Å². The van der Waals surface area contributed by atoms with E-state index in [-0.39, 0.29) is 16.2 Å². The predicted molar refractivity (Wildman–Crippen MR) is 265 cm³/mol. The number of para-hydroxylation sites is 4. The van der Waals surface area contributed by atoms with Crippen LogP contribution in [0.1, 0.15) is 99.6 Å². The van der Waals surface area contributed by atoms with Gasteiger partial charge in [-0.15, -0.1) is 0 Å². The summed E-state index contributed by atoms with van der Waals surface area (Å²) in [6, 6.07) is 43.6. The van der Waals surface area contributed by atoms with Gasteiger partial charge in [-0.25, -0.2) is 0 Å². The van der Waals surface area contributed by atoms with Gasteiger partial charge in [0, 0.05) is 50.2 Å². The summed E-state index contributed by atoms with van der Waals surface area (Å²) < 4.78 is 0. The van der Waals surface area contributed by atoms with E-state index in [0.717, 1.165) is 44.1 Å². The normalized spacial score (nSPS) is 20.7. The molecule has 0 spiro atoms. The first-order valence-electron chi connectivity index (χ1n) is 22.8. The molecule has 5 aromatic rings. The summed E-state index contributed by atoms with van der Waals surface area (Å²) in [6.45, 7) is 17.6. The van der Waals surface area contributed by atoms with Gasteiger partial charge in [0.2, 0.25) is 0 Å². The van der Waals surface area contributed by atoms with Crippen molar-refractivity contribution in [3.8, 4) is 0 Å². The molecule has 0 amide bonds. The summed E-state index contributed by atoms with van der Waals surface area (Å²) in [4.78, 5) is 5.11. The molecule has 2 nitrogen and oxygen atoms in total. The monoisotopic (exact) mass is 814 g/mol. The van der Waals surface area contributed by atoms with Crippen molar-refractivity contribution >= 4 is 34.0 Å². The molecule has 0 fully saturated rings. The Morgan fingerprint density at radius 3 is 1.68 bits per heavy atom. The van der Waals surface area contributed by atoms with Gasteiger partial charge in [0.15, 0.2) is 0 Å². The highest BCUT2D eigenvalue weighted by atomic mass is 15.2. The maximum absolute atomic E-state index is 4.11. The zero-order chi connectivity index (χ0) is 43.1. The Morgan fingerprint density at radius 2 is 1.16 bits per heavy atom. The van der Waals surface area contributed by atoms with Crippen LogP contribution >= 0.6 is 0 Å². The molecular weight excluding hydrogens is 761 g/mol. The number of rotatable bonds is 8. The maximum Gasteiger partial charge on any atom is 0.0502 e. The molecule has 0 N–H and O–H groups in total. The van der Waals surface area contributed by atoms with E-state index in [0.29, 0.717) is 0 Å². The molecule has 0 bridgehead atoms. The molecule has 2 aliphatic heterocycles. The second kappa shape index (κ2) is 14.6. The molecule has 0 aromatic heterocycles. The predicted octanol–water partition coefficient (Wildman–Crippen LogP) is 15.9. The first-order valence-corrected chi connectivity index (χ1v) is 22.8. The lowest BCUT2D eigenvalue weighted by Gasteiger charge is -2.44. The zero-order valence-corrected chi connectivity index (χ0v) is 37.1. The van der Waals surface area contributed by atoms with E-state index >= 15 is 0 Å². The van der Waals surface area contributed by atoms with Crippen LogP contribution in [0.5, 0.6) is 0 Å². The topological polar surface area (TPSA) is 6.48 Å². The fraction of sp³-hybridized carbons (Fsp3) is 0.213. The average Bonchev–Trinajstić information content (AvgIpc) is 3.57. The number of anilines is 5. The number of benzene rings is 5. The number of allylic oxidation sites excluding steroid dienone is 14. The molecule has 1 atom stereocenters. The van der Waals surface area contributed by atoms with Crippen LogP contribution in [0.25, 0.3) is 5.57 Å². The number of fused-ring (bicyclic) bond motifs is 6. The van der Waals surface area contributed by atoms with Gasteiger partial charge < -0.3 is 9.80 Å². The zero-order valence-electron chi connectivity index (χ0n) is 37.1. The molecule has 0 radical (unpaired) electrons. The Bertz CT molecular complexity index is 2980. The molecule has 1 unspecified atom stereocenters. The van der Waals surface area contributed by atoms with E-state index in [1.54, 1.807) is 5.57 Å². The van der Waals surface area contributed by atoms with Crippen molar-refractivity contribution < 1.29 is 0 Å². The third kappa shape index (κ3) is 6.01. The van der Waals surface area contributed by atoms with Gasteiger partial charge in [-0.1, -0.05) is 167 Å². The van der Waals surface area contributed by atoms with Crippen LogP contribution in [0.4, 0.5) is 28.4 Å². The first-order chi connectivity index (χ1) is 30.6. The van der Waals surface area contributed by atoms with Crippen molar-refractivity contribution in [3.63, 3.8) is 0 Å². The van der Waals surface area contributed by atoms with Crippen LogP contribution in [-0.2, 0) is 16.2 Å². The minimum absolute atomic E-state index is 0.120. The Balaban J connectivity index is 1.16. The van der Waals surface area contributed by atoms with E-state index < -0.39 is 0 Å². The second-order valence-corrected chi connectivity index (χ2v) is 19.2. The van der Waals surface area contributed by atoms with E-state index in [4.69, 9.17) is 0 Å². The van der Waals surface area contributed by atoms with Gasteiger partial charge in [-0.2, -0.15) is 0 Å². The van der Waals surface area contributed by atoms with Crippen LogP contribution in [-0.4, -0.2) is 0 Å². The molecule has 0 saturated heterocycles. The summed E-state index contributed by atoms with van der Waals surface area (Å²) in [6.07, 6.45) is 21.3. The highest BCUT2D eigenvalue weighted by Crippen LogP contribution is 2.61. The third-order valence-electron chi connectivity index (χ3n) is 15.1. The van der Waals surface area contributed by atoms with E-state index in [1.807, 2.05) is 12.2 Å². The molecule has 5 aromatic carbocycles. The molecule has 308 valence electrons. The third-order valence-corrected chi connectivity index (χ3v) is 15.1. The lowest BCUT2D eigenvalue weighted by molar-refractivity contribution is 0.478. The molecule has 0 saturated carbocycles. The Kier molecular flexibility index (Phi) is 9.08. The van der Waals surface area contributed by atoms with Crippen molar-refractivity contribution in [2.24, 2.45) is 0 Å². The van der Waals surface area contributed by atoms with E-state index in [9.17, 15) is 0 Å². The van der Waals surface area contributed by atoms with Crippen molar-refractivity contribution in [3.05, 3.63) is 249 Å². The smallest absolute Gasteiger partial charge is 0.0502 e. The summed E-state index contributed by atoms with van der Waals surface area (Å²) >= 11 is 0. The van der Waals surface area contributed by atoms with Gasteiger partial charge in [-0.3, -0.25) is 0 Å². The number of nitrogens with zero attached hydrogens (tertiary/aromatic N) is 2. The quantitative estimate of drug-likeness (QED) is 0.144. The molecule has 2 heterocycles.